The average molecular weight is 203 g/mol. The second kappa shape index (κ2) is 3.82. The van der Waals surface area contributed by atoms with Gasteiger partial charge in [-0.05, 0) is 18.1 Å². The van der Waals surface area contributed by atoms with Crippen LogP contribution in [0.15, 0.2) is 30.5 Å². The van der Waals surface area contributed by atoms with Crippen LogP contribution >= 0.6 is 0 Å². The molecule has 0 amide bonds. The number of hydrogen-bond acceptors (Lipinski definition) is 3. The molecule has 1 unspecified atom stereocenters. The number of nitrogens with zero attached hydrogens (tertiary/aromatic N) is 3. The quantitative estimate of drug-likeness (QED) is 0.798. The maximum absolute atomic E-state index is 10.1. The lowest BCUT2D eigenvalue weighted by molar-refractivity contribution is 0.209. The smallest absolute Gasteiger partial charge is 0.123 e. The molecule has 0 aliphatic carbocycles. The van der Waals surface area contributed by atoms with Gasteiger partial charge in [0.15, 0.2) is 0 Å². The molecule has 15 heavy (non-hydrogen) atoms. The van der Waals surface area contributed by atoms with Gasteiger partial charge < -0.3 is 5.11 Å². The van der Waals surface area contributed by atoms with Crippen molar-refractivity contribution < 1.29 is 5.11 Å². The van der Waals surface area contributed by atoms with Crippen molar-refractivity contribution in [2.45, 2.75) is 13.0 Å². The Morgan fingerprint density at radius 1 is 1.33 bits per heavy atom. The maximum atomic E-state index is 10.1. The fraction of sp³-hybridized carbons (Fsp3) is 0.273. The Bertz CT molecular complexity index is 464. The summed E-state index contributed by atoms with van der Waals surface area (Å²) in [5.41, 5.74) is 2.65. The molecule has 0 radical (unpaired) electrons. The van der Waals surface area contributed by atoms with E-state index in [2.05, 4.69) is 10.3 Å². The lowest BCUT2D eigenvalue weighted by atomic mass is 10.0. The van der Waals surface area contributed by atoms with Gasteiger partial charge in [-0.1, -0.05) is 29.5 Å². The molecule has 1 atom stereocenters. The predicted octanol–water partition coefficient (Wildman–Crippen LogP) is 1.21. The zero-order valence-corrected chi connectivity index (χ0v) is 8.75. The van der Waals surface area contributed by atoms with Crippen molar-refractivity contribution in [3.63, 3.8) is 0 Å². The van der Waals surface area contributed by atoms with E-state index >= 15 is 0 Å². The van der Waals surface area contributed by atoms with E-state index in [-0.39, 0.29) is 0 Å². The SMILES string of the molecule is Cc1ccccc1C(O)c1cnnn1C. The molecular weight excluding hydrogens is 190 g/mol. The van der Waals surface area contributed by atoms with Gasteiger partial charge in [0.05, 0.1) is 11.9 Å². The van der Waals surface area contributed by atoms with Crippen LogP contribution in [0.25, 0.3) is 0 Å². The van der Waals surface area contributed by atoms with Crippen LogP contribution in [0.1, 0.15) is 22.9 Å². The highest BCUT2D eigenvalue weighted by Gasteiger charge is 2.15. The van der Waals surface area contributed by atoms with Crippen molar-refractivity contribution in [2.24, 2.45) is 7.05 Å². The number of aryl methyl sites for hydroxylation is 2. The number of benzene rings is 1. The molecule has 4 nitrogen and oxygen atoms in total. The van der Waals surface area contributed by atoms with Crippen molar-refractivity contribution in [1.29, 1.82) is 0 Å². The Morgan fingerprint density at radius 2 is 2.07 bits per heavy atom. The molecule has 0 saturated heterocycles. The summed E-state index contributed by atoms with van der Waals surface area (Å²) < 4.78 is 1.58. The summed E-state index contributed by atoms with van der Waals surface area (Å²) in [4.78, 5) is 0. The van der Waals surface area contributed by atoms with Crippen LogP contribution in [-0.4, -0.2) is 20.1 Å². The predicted molar refractivity (Wildman–Crippen MR) is 56.2 cm³/mol. The number of rotatable bonds is 2. The molecule has 0 aliphatic heterocycles. The van der Waals surface area contributed by atoms with Crippen LogP contribution in [-0.2, 0) is 7.05 Å². The number of aromatic nitrogens is 3. The first-order valence-corrected chi connectivity index (χ1v) is 4.78. The zero-order valence-electron chi connectivity index (χ0n) is 8.75. The minimum Gasteiger partial charge on any atom is -0.382 e. The minimum absolute atomic E-state index is 0.661. The van der Waals surface area contributed by atoms with Crippen LogP contribution in [0, 0.1) is 6.92 Å². The maximum Gasteiger partial charge on any atom is 0.123 e. The van der Waals surface area contributed by atoms with Gasteiger partial charge in [-0.2, -0.15) is 0 Å². The van der Waals surface area contributed by atoms with E-state index in [1.54, 1.807) is 17.9 Å². The molecule has 1 heterocycles. The van der Waals surface area contributed by atoms with E-state index in [1.165, 1.54) is 0 Å². The van der Waals surface area contributed by atoms with Gasteiger partial charge in [-0.3, -0.25) is 0 Å². The van der Waals surface area contributed by atoms with Crippen LogP contribution in [0.2, 0.25) is 0 Å². The summed E-state index contributed by atoms with van der Waals surface area (Å²) in [7, 11) is 1.77. The Balaban J connectivity index is 2.41. The van der Waals surface area contributed by atoms with Crippen molar-refractivity contribution in [1.82, 2.24) is 15.0 Å². The van der Waals surface area contributed by atoms with Gasteiger partial charge in [0.2, 0.25) is 0 Å². The van der Waals surface area contributed by atoms with Gasteiger partial charge in [0, 0.05) is 7.05 Å². The molecule has 78 valence electrons. The third kappa shape index (κ3) is 1.76. The summed E-state index contributed by atoms with van der Waals surface area (Å²) in [6.07, 6.45) is 0.920. The second-order valence-corrected chi connectivity index (χ2v) is 3.54. The molecule has 1 aromatic heterocycles. The van der Waals surface area contributed by atoms with E-state index in [0.29, 0.717) is 5.69 Å². The Hall–Kier alpha value is -1.68. The molecule has 0 saturated carbocycles. The van der Waals surface area contributed by atoms with E-state index in [9.17, 15) is 5.11 Å². The first kappa shape index (κ1) is 9.86. The van der Waals surface area contributed by atoms with Gasteiger partial charge in [-0.15, -0.1) is 5.10 Å². The third-order valence-corrected chi connectivity index (χ3v) is 2.51. The molecular formula is C11H13N3O. The van der Waals surface area contributed by atoms with E-state index in [1.807, 2.05) is 31.2 Å². The fourth-order valence-corrected chi connectivity index (χ4v) is 1.60. The van der Waals surface area contributed by atoms with E-state index in [0.717, 1.165) is 11.1 Å². The minimum atomic E-state index is -0.661. The van der Waals surface area contributed by atoms with Crippen LogP contribution < -0.4 is 0 Å². The van der Waals surface area contributed by atoms with E-state index < -0.39 is 6.10 Å². The molecule has 1 N–H and O–H groups in total. The largest absolute Gasteiger partial charge is 0.382 e. The monoisotopic (exact) mass is 203 g/mol. The standard InChI is InChI=1S/C11H13N3O/c1-8-5-3-4-6-9(8)11(15)10-7-12-13-14(10)2/h3-7,11,15H,1-2H3. The average Bonchev–Trinajstić information content (AvgIpc) is 2.64. The van der Waals surface area contributed by atoms with Gasteiger partial charge in [0.1, 0.15) is 6.10 Å². The molecule has 0 aliphatic rings. The van der Waals surface area contributed by atoms with Crippen molar-refractivity contribution in [3.8, 4) is 0 Å². The summed E-state index contributed by atoms with van der Waals surface area (Å²) >= 11 is 0. The highest BCUT2D eigenvalue weighted by atomic mass is 16.3. The normalized spacial score (nSPS) is 12.7. The van der Waals surface area contributed by atoms with E-state index in [4.69, 9.17) is 0 Å². The van der Waals surface area contributed by atoms with Gasteiger partial charge >= 0.3 is 0 Å². The number of aliphatic hydroxyl groups excluding tert-OH is 1. The topological polar surface area (TPSA) is 50.9 Å². The van der Waals surface area contributed by atoms with Crippen molar-refractivity contribution in [3.05, 3.63) is 47.3 Å². The van der Waals surface area contributed by atoms with Crippen LogP contribution in [0.5, 0.6) is 0 Å². The van der Waals surface area contributed by atoms with Crippen molar-refractivity contribution >= 4 is 0 Å². The molecule has 0 bridgehead atoms. The van der Waals surface area contributed by atoms with Gasteiger partial charge in [-0.25, -0.2) is 4.68 Å². The highest BCUT2D eigenvalue weighted by molar-refractivity contribution is 5.31. The Labute approximate surface area is 88.2 Å². The lowest BCUT2D eigenvalue weighted by Gasteiger charge is -2.12. The first-order chi connectivity index (χ1) is 7.20. The number of aliphatic hydroxyl groups is 1. The fourth-order valence-electron chi connectivity index (χ4n) is 1.60. The first-order valence-electron chi connectivity index (χ1n) is 4.78. The molecule has 4 heteroatoms. The summed E-state index contributed by atoms with van der Waals surface area (Å²) in [6.45, 7) is 1.97. The molecule has 0 spiro atoms. The van der Waals surface area contributed by atoms with Gasteiger partial charge in [0.25, 0.3) is 0 Å². The Morgan fingerprint density at radius 3 is 2.67 bits per heavy atom. The molecule has 2 rings (SSSR count). The summed E-state index contributed by atoms with van der Waals surface area (Å²) in [5, 5.41) is 17.7. The number of hydrogen-bond donors (Lipinski definition) is 1. The lowest BCUT2D eigenvalue weighted by Crippen LogP contribution is -2.07. The Kier molecular flexibility index (Phi) is 2.51. The zero-order chi connectivity index (χ0) is 10.8. The van der Waals surface area contributed by atoms with Crippen LogP contribution in [0.4, 0.5) is 0 Å². The summed E-state index contributed by atoms with van der Waals surface area (Å²) in [5.74, 6) is 0. The third-order valence-electron chi connectivity index (χ3n) is 2.51. The molecule has 0 fully saturated rings. The second-order valence-electron chi connectivity index (χ2n) is 3.54. The molecule has 2 aromatic rings. The molecule has 1 aromatic carbocycles. The van der Waals surface area contributed by atoms with Crippen molar-refractivity contribution in [2.75, 3.05) is 0 Å². The summed E-state index contributed by atoms with van der Waals surface area (Å²) in [6, 6.07) is 7.75. The highest BCUT2D eigenvalue weighted by Crippen LogP contribution is 2.22. The van der Waals surface area contributed by atoms with Crippen LogP contribution in [0.3, 0.4) is 0 Å².